The number of ether oxygens (including phenoxy) is 1. The van der Waals surface area contributed by atoms with Crippen molar-refractivity contribution in [3.05, 3.63) is 10.1 Å². The summed E-state index contributed by atoms with van der Waals surface area (Å²) >= 11 is 0. The van der Waals surface area contributed by atoms with Crippen LogP contribution in [0.5, 0.6) is 0 Å². The largest absolute Gasteiger partial charge is 0.377 e. The van der Waals surface area contributed by atoms with E-state index in [-0.39, 0.29) is 6.15 Å². The van der Waals surface area contributed by atoms with Crippen molar-refractivity contribution in [2.24, 2.45) is 0 Å². The highest BCUT2D eigenvalue weighted by Gasteiger charge is 1.94. The van der Waals surface area contributed by atoms with Crippen molar-refractivity contribution in [1.29, 1.82) is 0 Å². The van der Waals surface area contributed by atoms with Crippen molar-refractivity contribution in [3.8, 4) is 0 Å². The molecular weight excluding hydrogens is 116 g/mol. The maximum Gasteiger partial charge on any atom is 0.291 e. The topological polar surface area (TPSA) is 111 Å². The van der Waals surface area contributed by atoms with Gasteiger partial charge in [0.1, 0.15) is 0 Å². The lowest BCUT2D eigenvalue weighted by molar-refractivity contribution is -0.742. The lowest BCUT2D eigenvalue weighted by Crippen LogP contribution is -1.81. The van der Waals surface area contributed by atoms with Gasteiger partial charge in [0.15, 0.2) is 0 Å². The van der Waals surface area contributed by atoms with E-state index in [0.29, 0.717) is 0 Å². The fourth-order valence-corrected chi connectivity index (χ4v) is 0. The first-order valence-electron chi connectivity index (χ1n) is 1.64. The Morgan fingerprint density at radius 3 is 1.75 bits per heavy atom. The molecule has 1 saturated heterocycles. The van der Waals surface area contributed by atoms with Crippen LogP contribution < -0.4 is 6.15 Å². The highest BCUT2D eigenvalue weighted by atomic mass is 16.9. The fourth-order valence-electron chi connectivity index (χ4n) is 0. The molecule has 0 saturated carbocycles. The van der Waals surface area contributed by atoms with Gasteiger partial charge in [-0.3, -0.25) is 0 Å². The Morgan fingerprint density at radius 1 is 1.62 bits per heavy atom. The van der Waals surface area contributed by atoms with Gasteiger partial charge in [-0.2, -0.15) is 0 Å². The molecule has 6 nitrogen and oxygen atoms in total. The first kappa shape index (κ1) is 10.2. The predicted molar refractivity (Wildman–Crippen MR) is 24.6 cm³/mol. The number of epoxide rings is 1. The molecule has 0 unspecified atom stereocenters. The minimum absolute atomic E-state index is 0. The van der Waals surface area contributed by atoms with E-state index < -0.39 is 5.09 Å². The average molecular weight is 124 g/mol. The van der Waals surface area contributed by atoms with Crippen molar-refractivity contribution < 1.29 is 15.0 Å². The minimum Gasteiger partial charge on any atom is -0.377 e. The summed E-state index contributed by atoms with van der Waals surface area (Å²) in [6, 6.07) is 0. The van der Waals surface area contributed by atoms with Crippen molar-refractivity contribution in [3.63, 3.8) is 0 Å². The molecule has 0 aromatic rings. The molecule has 0 aromatic heterocycles. The summed E-state index contributed by atoms with van der Waals surface area (Å²) in [5.41, 5.74) is 0. The first-order chi connectivity index (χ1) is 3.23. The molecule has 0 radical (unpaired) electrons. The molecule has 0 spiro atoms. The standard InChI is InChI=1S/C2H4O.HNO3.H3N/c1-2-3-1;2-1(3)4;/h1-2H2;(H,2,3,4);1H3. The van der Waals surface area contributed by atoms with Crippen molar-refractivity contribution >= 4 is 0 Å². The van der Waals surface area contributed by atoms with Crippen LogP contribution in [0.15, 0.2) is 0 Å². The van der Waals surface area contributed by atoms with E-state index in [9.17, 15) is 0 Å². The molecule has 1 rings (SSSR count). The SMILES string of the molecule is C1CO1.N.O=[N+]([O-])O. The summed E-state index contributed by atoms with van der Waals surface area (Å²) in [4.78, 5) is 8.36. The van der Waals surface area contributed by atoms with Crippen LogP contribution in [-0.4, -0.2) is 23.5 Å². The Morgan fingerprint density at radius 2 is 1.75 bits per heavy atom. The monoisotopic (exact) mass is 124 g/mol. The molecule has 8 heavy (non-hydrogen) atoms. The van der Waals surface area contributed by atoms with Crippen LogP contribution in [0.4, 0.5) is 0 Å². The summed E-state index contributed by atoms with van der Waals surface area (Å²) in [6.07, 6.45) is 0. The lowest BCUT2D eigenvalue weighted by atomic mass is 11.0. The Labute approximate surface area is 45.8 Å². The van der Waals surface area contributed by atoms with Gasteiger partial charge in [0.05, 0.1) is 13.2 Å². The van der Waals surface area contributed by atoms with E-state index in [2.05, 4.69) is 4.74 Å². The highest BCUT2D eigenvalue weighted by molar-refractivity contribution is 4.36. The fraction of sp³-hybridized carbons (Fsp3) is 1.00. The smallest absolute Gasteiger partial charge is 0.291 e. The lowest BCUT2D eigenvalue weighted by Gasteiger charge is -1.56. The molecule has 0 bridgehead atoms. The molecular formula is C2H8N2O4. The van der Waals surface area contributed by atoms with E-state index in [0.717, 1.165) is 13.2 Å². The van der Waals surface area contributed by atoms with Crippen LogP contribution in [0.25, 0.3) is 0 Å². The Hall–Kier alpha value is -0.880. The van der Waals surface area contributed by atoms with Crippen LogP contribution in [0.3, 0.4) is 0 Å². The molecule has 1 heterocycles. The third kappa shape index (κ3) is 6040. The molecule has 1 aliphatic heterocycles. The van der Waals surface area contributed by atoms with Crippen LogP contribution in [0.1, 0.15) is 0 Å². The zero-order valence-corrected chi connectivity index (χ0v) is 4.24. The molecule has 4 N–H and O–H groups in total. The van der Waals surface area contributed by atoms with Gasteiger partial charge in [0.2, 0.25) is 0 Å². The van der Waals surface area contributed by atoms with E-state index in [1.54, 1.807) is 0 Å². The van der Waals surface area contributed by atoms with E-state index in [1.807, 2.05) is 0 Å². The Balaban J connectivity index is 0. The van der Waals surface area contributed by atoms with Gasteiger partial charge >= 0.3 is 0 Å². The summed E-state index contributed by atoms with van der Waals surface area (Å²) in [5, 5.41) is 13.6. The number of rotatable bonds is 0. The molecule has 0 amide bonds. The van der Waals surface area contributed by atoms with Gasteiger partial charge in [0, 0.05) is 0 Å². The van der Waals surface area contributed by atoms with Crippen LogP contribution >= 0.6 is 0 Å². The van der Waals surface area contributed by atoms with Crippen LogP contribution in [0, 0.1) is 10.1 Å². The van der Waals surface area contributed by atoms with Crippen LogP contribution in [-0.2, 0) is 4.74 Å². The van der Waals surface area contributed by atoms with Gasteiger partial charge in [-0.05, 0) is 0 Å². The summed E-state index contributed by atoms with van der Waals surface area (Å²) in [6.45, 7) is 2.00. The van der Waals surface area contributed by atoms with Crippen molar-refractivity contribution in [1.82, 2.24) is 6.15 Å². The Bertz CT molecular complexity index is 56.3. The minimum atomic E-state index is -1.50. The normalized spacial score (nSPS) is 12.0. The van der Waals surface area contributed by atoms with Gasteiger partial charge in [-0.15, -0.1) is 10.1 Å². The van der Waals surface area contributed by atoms with Gasteiger partial charge in [-0.1, -0.05) is 0 Å². The molecule has 1 fully saturated rings. The van der Waals surface area contributed by atoms with Crippen molar-refractivity contribution in [2.45, 2.75) is 0 Å². The molecule has 50 valence electrons. The molecule has 0 aromatic carbocycles. The quantitative estimate of drug-likeness (QED) is 0.264. The second kappa shape index (κ2) is 6.12. The second-order valence-corrected chi connectivity index (χ2v) is 0.850. The van der Waals surface area contributed by atoms with Gasteiger partial charge < -0.3 is 16.1 Å². The van der Waals surface area contributed by atoms with Gasteiger partial charge in [0.25, 0.3) is 5.09 Å². The zero-order valence-electron chi connectivity index (χ0n) is 4.24. The van der Waals surface area contributed by atoms with E-state index >= 15 is 0 Å². The molecule has 0 atom stereocenters. The average Bonchev–Trinajstić information content (AvgIpc) is 2.02. The zero-order chi connectivity index (χ0) is 5.70. The molecule has 6 heteroatoms. The molecule has 0 aliphatic carbocycles. The summed E-state index contributed by atoms with van der Waals surface area (Å²) in [7, 11) is 0. The third-order valence-corrected chi connectivity index (χ3v) is 0.204. The second-order valence-electron chi connectivity index (χ2n) is 0.850. The number of hydrogen-bond donors (Lipinski definition) is 2. The maximum absolute atomic E-state index is 8.36. The highest BCUT2D eigenvalue weighted by Crippen LogP contribution is 1.84. The third-order valence-electron chi connectivity index (χ3n) is 0.204. The Kier molecular flexibility index (Phi) is 7.78. The summed E-state index contributed by atoms with van der Waals surface area (Å²) < 4.78 is 4.50. The van der Waals surface area contributed by atoms with Crippen molar-refractivity contribution in [2.75, 3.05) is 13.2 Å². The molecule has 1 aliphatic rings. The maximum atomic E-state index is 8.36. The van der Waals surface area contributed by atoms with E-state index in [4.69, 9.17) is 15.3 Å². The number of hydrogen-bond acceptors (Lipinski definition) is 4. The predicted octanol–water partition coefficient (Wildman–Crippen LogP) is -0.169. The van der Waals surface area contributed by atoms with E-state index in [1.165, 1.54) is 0 Å². The summed E-state index contributed by atoms with van der Waals surface area (Å²) in [5.74, 6) is 0. The number of nitrogens with zero attached hydrogens (tertiary/aromatic N) is 1. The van der Waals surface area contributed by atoms with Gasteiger partial charge in [-0.25, -0.2) is 0 Å². The van der Waals surface area contributed by atoms with Crippen LogP contribution in [0.2, 0.25) is 0 Å². The first-order valence-corrected chi connectivity index (χ1v) is 1.64.